The van der Waals surface area contributed by atoms with Gasteiger partial charge in [0.05, 0.1) is 0 Å². The Labute approximate surface area is 79.4 Å². The highest BCUT2D eigenvalue weighted by atomic mass is 16.3. The van der Waals surface area contributed by atoms with Gasteiger partial charge in [-0.2, -0.15) is 0 Å². The molecule has 2 aliphatic rings. The Morgan fingerprint density at radius 1 is 1.54 bits per heavy atom. The van der Waals surface area contributed by atoms with E-state index in [1.54, 1.807) is 0 Å². The minimum atomic E-state index is -0.303. The molecule has 0 aromatic heterocycles. The quantitative estimate of drug-likeness (QED) is 0.614. The summed E-state index contributed by atoms with van der Waals surface area (Å²) in [4.78, 5) is 2.31. The van der Waals surface area contributed by atoms with Crippen molar-refractivity contribution in [2.24, 2.45) is 17.8 Å². The molecule has 74 valence electrons. The van der Waals surface area contributed by atoms with E-state index in [1.165, 1.54) is 0 Å². The number of piperidine rings is 1. The maximum atomic E-state index is 9.58. The molecule has 1 aliphatic carbocycles. The van der Waals surface area contributed by atoms with E-state index in [1.807, 2.05) is 14.0 Å². The van der Waals surface area contributed by atoms with E-state index in [0.29, 0.717) is 17.8 Å². The van der Waals surface area contributed by atoms with Crippen LogP contribution in [0.15, 0.2) is 12.3 Å². The largest absolute Gasteiger partial charge is 0.378 e. The predicted molar refractivity (Wildman–Crippen MR) is 51.9 cm³/mol. The number of aliphatic hydroxyl groups is 1. The van der Waals surface area contributed by atoms with Gasteiger partial charge in [0.25, 0.3) is 0 Å². The molecule has 1 saturated heterocycles. The first kappa shape index (κ1) is 9.03. The van der Waals surface area contributed by atoms with Crippen molar-refractivity contribution >= 4 is 0 Å². The number of rotatable bonds is 3. The van der Waals surface area contributed by atoms with E-state index in [9.17, 15) is 5.11 Å². The van der Waals surface area contributed by atoms with Gasteiger partial charge in [0.15, 0.2) is 0 Å². The molecule has 0 aromatic carbocycles. The van der Waals surface area contributed by atoms with E-state index in [2.05, 4.69) is 16.8 Å². The van der Waals surface area contributed by atoms with Gasteiger partial charge in [-0.25, -0.2) is 0 Å². The van der Waals surface area contributed by atoms with Crippen molar-refractivity contribution in [3.63, 3.8) is 0 Å². The van der Waals surface area contributed by atoms with Crippen LogP contribution in [0.4, 0.5) is 0 Å². The van der Waals surface area contributed by atoms with Crippen molar-refractivity contribution in [1.82, 2.24) is 10.2 Å². The lowest BCUT2D eigenvalue weighted by Gasteiger charge is -2.22. The second-order valence-corrected chi connectivity index (χ2v) is 4.28. The van der Waals surface area contributed by atoms with Gasteiger partial charge in [-0.1, -0.05) is 6.58 Å². The van der Waals surface area contributed by atoms with Gasteiger partial charge in [0.2, 0.25) is 0 Å². The minimum Gasteiger partial charge on any atom is -0.378 e. The number of nitrogens with one attached hydrogen (secondary N) is 1. The van der Waals surface area contributed by atoms with Crippen LogP contribution in [-0.4, -0.2) is 36.4 Å². The second-order valence-electron chi connectivity index (χ2n) is 4.28. The molecular weight excluding hydrogens is 164 g/mol. The Morgan fingerprint density at radius 3 is 2.46 bits per heavy atom. The number of allylic oxidation sites excluding steroid dienone is 1. The summed E-state index contributed by atoms with van der Waals surface area (Å²) in [6.45, 7) is 8.15. The highest BCUT2D eigenvalue weighted by molar-refractivity contribution is 5.11. The minimum absolute atomic E-state index is 0.303. The van der Waals surface area contributed by atoms with Gasteiger partial charge in [0.1, 0.15) is 6.23 Å². The maximum absolute atomic E-state index is 9.58. The van der Waals surface area contributed by atoms with E-state index >= 15 is 0 Å². The average Bonchev–Trinajstić information content (AvgIpc) is 2.58. The molecule has 0 radical (unpaired) electrons. The molecule has 0 aromatic rings. The fraction of sp³-hybridized carbons (Fsp3) is 0.800. The smallest absolute Gasteiger partial charge is 0.108 e. The highest BCUT2D eigenvalue weighted by Crippen LogP contribution is 2.53. The molecule has 13 heavy (non-hydrogen) atoms. The zero-order valence-corrected chi connectivity index (χ0v) is 8.33. The number of hydrogen-bond acceptors (Lipinski definition) is 3. The van der Waals surface area contributed by atoms with Crippen molar-refractivity contribution in [2.45, 2.75) is 13.2 Å². The standard InChI is InChI=1S/C10H18N2O/c1-6(2)12-4-7-8(5-12)9(7)10(13)11-3/h7-11,13H,1,4-5H2,2-3H3. The van der Waals surface area contributed by atoms with Crippen LogP contribution >= 0.6 is 0 Å². The first-order valence-corrected chi connectivity index (χ1v) is 4.91. The molecule has 1 aliphatic heterocycles. The molecule has 3 nitrogen and oxygen atoms in total. The molecule has 2 fully saturated rings. The predicted octanol–water partition coefficient (Wildman–Crippen LogP) is 0.236. The van der Waals surface area contributed by atoms with E-state index in [-0.39, 0.29) is 6.23 Å². The topological polar surface area (TPSA) is 35.5 Å². The molecule has 1 heterocycles. The molecule has 3 heteroatoms. The van der Waals surface area contributed by atoms with Crippen molar-refractivity contribution in [3.8, 4) is 0 Å². The van der Waals surface area contributed by atoms with Crippen LogP contribution in [0, 0.1) is 17.8 Å². The zero-order valence-electron chi connectivity index (χ0n) is 8.33. The van der Waals surface area contributed by atoms with Crippen molar-refractivity contribution in [1.29, 1.82) is 0 Å². The van der Waals surface area contributed by atoms with Gasteiger partial charge < -0.3 is 10.0 Å². The molecule has 3 atom stereocenters. The summed E-state index contributed by atoms with van der Waals surface area (Å²) in [5, 5.41) is 12.5. The normalized spacial score (nSPS) is 38.7. The molecule has 3 unspecified atom stereocenters. The third-order valence-electron chi connectivity index (χ3n) is 3.46. The van der Waals surface area contributed by atoms with Gasteiger partial charge in [-0.3, -0.25) is 5.32 Å². The fourth-order valence-corrected chi connectivity index (χ4v) is 2.54. The number of aliphatic hydroxyl groups excluding tert-OH is 1. The zero-order chi connectivity index (χ0) is 9.59. The number of hydrogen-bond donors (Lipinski definition) is 2. The Balaban J connectivity index is 1.87. The van der Waals surface area contributed by atoms with Gasteiger partial charge >= 0.3 is 0 Å². The lowest BCUT2D eigenvalue weighted by Crippen LogP contribution is -2.32. The van der Waals surface area contributed by atoms with Gasteiger partial charge in [-0.15, -0.1) is 0 Å². The first-order chi connectivity index (χ1) is 6.15. The number of likely N-dealkylation sites (tertiary alicyclic amines) is 1. The van der Waals surface area contributed by atoms with Crippen molar-refractivity contribution < 1.29 is 5.11 Å². The van der Waals surface area contributed by atoms with Crippen molar-refractivity contribution in [2.75, 3.05) is 20.1 Å². The molecule has 0 spiro atoms. The summed E-state index contributed by atoms with van der Waals surface area (Å²) in [6.07, 6.45) is -0.303. The summed E-state index contributed by atoms with van der Waals surface area (Å²) in [6, 6.07) is 0. The van der Waals surface area contributed by atoms with Crippen LogP contribution in [0.3, 0.4) is 0 Å². The van der Waals surface area contributed by atoms with Crippen LogP contribution in [0.25, 0.3) is 0 Å². The fourth-order valence-electron chi connectivity index (χ4n) is 2.54. The van der Waals surface area contributed by atoms with Crippen LogP contribution in [0.2, 0.25) is 0 Å². The molecule has 2 N–H and O–H groups in total. The summed E-state index contributed by atoms with van der Waals surface area (Å²) < 4.78 is 0. The van der Waals surface area contributed by atoms with Gasteiger partial charge in [0, 0.05) is 24.7 Å². The Hall–Kier alpha value is -0.540. The monoisotopic (exact) mass is 182 g/mol. The van der Waals surface area contributed by atoms with Crippen LogP contribution in [0.1, 0.15) is 6.92 Å². The molecule has 0 bridgehead atoms. The van der Waals surface area contributed by atoms with E-state index in [4.69, 9.17) is 0 Å². The van der Waals surface area contributed by atoms with Gasteiger partial charge in [-0.05, 0) is 25.8 Å². The lowest BCUT2D eigenvalue weighted by atomic mass is 10.2. The van der Waals surface area contributed by atoms with E-state index < -0.39 is 0 Å². The summed E-state index contributed by atoms with van der Waals surface area (Å²) in [5.74, 6) is 1.87. The third-order valence-corrected chi connectivity index (χ3v) is 3.46. The SMILES string of the molecule is C=C(C)N1CC2C(C1)C2C(O)NC. The van der Waals surface area contributed by atoms with Crippen LogP contribution < -0.4 is 5.32 Å². The third kappa shape index (κ3) is 1.36. The summed E-state index contributed by atoms with van der Waals surface area (Å²) in [7, 11) is 1.81. The summed E-state index contributed by atoms with van der Waals surface area (Å²) >= 11 is 0. The molecule has 2 rings (SSSR count). The summed E-state index contributed by atoms with van der Waals surface area (Å²) in [5.41, 5.74) is 1.16. The Bertz CT molecular complexity index is 217. The lowest BCUT2D eigenvalue weighted by molar-refractivity contribution is 0.103. The molecular formula is C10H18N2O. The van der Waals surface area contributed by atoms with Crippen LogP contribution in [0.5, 0.6) is 0 Å². The Morgan fingerprint density at radius 2 is 2.08 bits per heavy atom. The number of fused-ring (bicyclic) bond motifs is 1. The van der Waals surface area contributed by atoms with Crippen LogP contribution in [-0.2, 0) is 0 Å². The second kappa shape index (κ2) is 3.00. The first-order valence-electron chi connectivity index (χ1n) is 4.91. The van der Waals surface area contributed by atoms with E-state index in [0.717, 1.165) is 18.8 Å². The number of nitrogens with zero attached hydrogens (tertiary/aromatic N) is 1. The average molecular weight is 182 g/mol. The maximum Gasteiger partial charge on any atom is 0.108 e. The molecule has 0 amide bonds. The molecule has 1 saturated carbocycles. The highest BCUT2D eigenvalue weighted by Gasteiger charge is 2.58. The Kier molecular flexibility index (Phi) is 2.08. The van der Waals surface area contributed by atoms with Crippen molar-refractivity contribution in [3.05, 3.63) is 12.3 Å².